The first kappa shape index (κ1) is 15.7. The van der Waals surface area contributed by atoms with Crippen molar-refractivity contribution < 1.29 is 9.47 Å². The van der Waals surface area contributed by atoms with Gasteiger partial charge in [0, 0.05) is 51.5 Å². The first-order valence-corrected chi connectivity index (χ1v) is 8.79. The van der Waals surface area contributed by atoms with Crippen LogP contribution in [0.5, 0.6) is 0 Å². The lowest BCUT2D eigenvalue weighted by atomic mass is 9.90. The minimum absolute atomic E-state index is 0.349. The van der Waals surface area contributed by atoms with Crippen molar-refractivity contribution in [2.45, 2.75) is 50.6 Å². The monoisotopic (exact) mass is 296 g/mol. The number of methoxy groups -OCH3 is 1. The van der Waals surface area contributed by atoms with Crippen LogP contribution in [0.1, 0.15) is 39.0 Å². The summed E-state index contributed by atoms with van der Waals surface area (Å²) < 4.78 is 10.8. The summed E-state index contributed by atoms with van der Waals surface area (Å²) in [6, 6.07) is 0.749. The van der Waals surface area contributed by atoms with E-state index in [2.05, 4.69) is 17.1 Å². The quantitative estimate of drug-likeness (QED) is 0.659. The number of rotatable bonds is 9. The minimum atomic E-state index is 0.349. The summed E-state index contributed by atoms with van der Waals surface area (Å²) in [7, 11) is 1.75. The fourth-order valence-electron chi connectivity index (χ4n) is 3.84. The summed E-state index contributed by atoms with van der Waals surface area (Å²) in [4.78, 5) is 2.73. The second kappa shape index (κ2) is 6.95. The molecule has 1 heterocycles. The highest BCUT2D eigenvalue weighted by molar-refractivity contribution is 5.06. The Bertz CT molecular complexity index is 331. The predicted molar refractivity (Wildman–Crippen MR) is 84.5 cm³/mol. The van der Waals surface area contributed by atoms with E-state index in [1.165, 1.54) is 38.8 Å². The first-order valence-electron chi connectivity index (χ1n) is 8.79. The molecule has 3 aliphatic rings. The second-order valence-corrected chi connectivity index (χ2v) is 7.41. The Morgan fingerprint density at radius 2 is 1.95 bits per heavy atom. The van der Waals surface area contributed by atoms with Crippen LogP contribution in [0.25, 0.3) is 0 Å². The standard InChI is InChI=1S/C17H32N2O2/c1-17(15-6-7-15)13-19(8-11-21-10-3-9-20-2)16(12-18-17)14-4-5-14/h14-16,18H,3-13H2,1-2H3. The SMILES string of the molecule is COCCCOCCN1CC(C)(C2CC2)NCC1C1CC1. The average molecular weight is 296 g/mol. The molecule has 2 atom stereocenters. The lowest BCUT2D eigenvalue weighted by Gasteiger charge is -2.47. The molecule has 2 unspecified atom stereocenters. The third-order valence-electron chi connectivity index (χ3n) is 5.52. The molecule has 4 nitrogen and oxygen atoms in total. The van der Waals surface area contributed by atoms with Gasteiger partial charge in [0.2, 0.25) is 0 Å². The van der Waals surface area contributed by atoms with Gasteiger partial charge in [0.15, 0.2) is 0 Å². The van der Waals surface area contributed by atoms with Gasteiger partial charge < -0.3 is 14.8 Å². The maximum Gasteiger partial charge on any atom is 0.0593 e. The van der Waals surface area contributed by atoms with Gasteiger partial charge in [0.05, 0.1) is 6.61 Å². The van der Waals surface area contributed by atoms with Gasteiger partial charge >= 0.3 is 0 Å². The molecule has 122 valence electrons. The molecule has 3 fully saturated rings. The van der Waals surface area contributed by atoms with E-state index in [4.69, 9.17) is 9.47 Å². The van der Waals surface area contributed by atoms with Crippen LogP contribution >= 0.6 is 0 Å². The molecule has 1 aliphatic heterocycles. The molecule has 3 rings (SSSR count). The maximum absolute atomic E-state index is 5.79. The molecule has 2 saturated carbocycles. The Hall–Kier alpha value is -0.160. The topological polar surface area (TPSA) is 33.7 Å². The fourth-order valence-corrected chi connectivity index (χ4v) is 3.84. The van der Waals surface area contributed by atoms with Crippen molar-refractivity contribution in [3.63, 3.8) is 0 Å². The van der Waals surface area contributed by atoms with Gasteiger partial charge in [0.1, 0.15) is 0 Å². The summed E-state index contributed by atoms with van der Waals surface area (Å²) in [6.07, 6.45) is 6.69. The number of nitrogens with one attached hydrogen (secondary N) is 1. The molecule has 0 spiro atoms. The Morgan fingerprint density at radius 3 is 2.62 bits per heavy atom. The summed E-state index contributed by atoms with van der Waals surface area (Å²) in [5.74, 6) is 1.84. The normalized spacial score (nSPS) is 34.3. The van der Waals surface area contributed by atoms with Crippen LogP contribution in [0.15, 0.2) is 0 Å². The lowest BCUT2D eigenvalue weighted by Crippen LogP contribution is -2.64. The van der Waals surface area contributed by atoms with Crippen LogP contribution in [0.2, 0.25) is 0 Å². The highest BCUT2D eigenvalue weighted by Gasteiger charge is 2.48. The predicted octanol–water partition coefficient (Wildman–Crippen LogP) is 1.89. The summed E-state index contributed by atoms with van der Waals surface area (Å²) in [6.45, 7) is 8.42. The zero-order chi connectivity index (χ0) is 14.7. The van der Waals surface area contributed by atoms with Gasteiger partial charge in [0.25, 0.3) is 0 Å². The molecular formula is C17H32N2O2. The molecule has 0 aromatic rings. The zero-order valence-electron chi connectivity index (χ0n) is 13.8. The van der Waals surface area contributed by atoms with Gasteiger partial charge in [-0.25, -0.2) is 0 Å². The van der Waals surface area contributed by atoms with E-state index in [1.54, 1.807) is 7.11 Å². The number of hydrogen-bond acceptors (Lipinski definition) is 4. The molecule has 21 heavy (non-hydrogen) atoms. The lowest BCUT2D eigenvalue weighted by molar-refractivity contribution is 0.0274. The molecule has 1 saturated heterocycles. The Morgan fingerprint density at radius 1 is 1.14 bits per heavy atom. The number of piperazine rings is 1. The number of hydrogen-bond donors (Lipinski definition) is 1. The second-order valence-electron chi connectivity index (χ2n) is 7.41. The Balaban J connectivity index is 1.44. The highest BCUT2D eigenvalue weighted by atomic mass is 16.5. The molecular weight excluding hydrogens is 264 g/mol. The Labute approximate surface area is 129 Å². The van der Waals surface area contributed by atoms with Crippen LogP contribution in [0, 0.1) is 11.8 Å². The van der Waals surface area contributed by atoms with Crippen LogP contribution in [0.4, 0.5) is 0 Å². The Kier molecular flexibility index (Phi) is 5.20. The van der Waals surface area contributed by atoms with Crippen LogP contribution in [-0.4, -0.2) is 63.0 Å². The van der Waals surface area contributed by atoms with E-state index in [0.29, 0.717) is 5.54 Å². The van der Waals surface area contributed by atoms with Gasteiger partial charge in [-0.1, -0.05) is 0 Å². The average Bonchev–Trinajstić information content (AvgIpc) is 3.34. The summed E-state index contributed by atoms with van der Waals surface area (Å²) in [5.41, 5.74) is 0.349. The molecule has 0 amide bonds. The first-order chi connectivity index (χ1) is 10.2. The van der Waals surface area contributed by atoms with E-state index < -0.39 is 0 Å². The molecule has 0 aromatic carbocycles. The molecule has 4 heteroatoms. The maximum atomic E-state index is 5.79. The van der Waals surface area contributed by atoms with E-state index in [0.717, 1.165) is 50.7 Å². The number of nitrogens with zero attached hydrogens (tertiary/aromatic N) is 1. The van der Waals surface area contributed by atoms with Crippen LogP contribution in [0.3, 0.4) is 0 Å². The number of ether oxygens (including phenoxy) is 2. The van der Waals surface area contributed by atoms with Crippen molar-refractivity contribution in [2.75, 3.05) is 46.6 Å². The van der Waals surface area contributed by atoms with Gasteiger partial charge in [-0.05, 0) is 50.9 Å². The van der Waals surface area contributed by atoms with E-state index in [1.807, 2.05) is 0 Å². The minimum Gasteiger partial charge on any atom is -0.385 e. The zero-order valence-corrected chi connectivity index (χ0v) is 13.8. The molecule has 1 N–H and O–H groups in total. The van der Waals surface area contributed by atoms with E-state index in [-0.39, 0.29) is 0 Å². The third kappa shape index (κ3) is 4.19. The smallest absolute Gasteiger partial charge is 0.0593 e. The molecule has 0 bridgehead atoms. The van der Waals surface area contributed by atoms with Crippen molar-refractivity contribution in [2.24, 2.45) is 11.8 Å². The van der Waals surface area contributed by atoms with Crippen molar-refractivity contribution in [1.29, 1.82) is 0 Å². The molecule has 0 aromatic heterocycles. The van der Waals surface area contributed by atoms with E-state index in [9.17, 15) is 0 Å². The molecule has 0 radical (unpaired) electrons. The summed E-state index contributed by atoms with van der Waals surface area (Å²) >= 11 is 0. The third-order valence-corrected chi connectivity index (χ3v) is 5.52. The van der Waals surface area contributed by atoms with Crippen molar-refractivity contribution in [3.05, 3.63) is 0 Å². The van der Waals surface area contributed by atoms with Gasteiger partial charge in [-0.3, -0.25) is 4.90 Å². The van der Waals surface area contributed by atoms with E-state index >= 15 is 0 Å². The highest BCUT2D eigenvalue weighted by Crippen LogP contribution is 2.44. The van der Waals surface area contributed by atoms with Crippen molar-refractivity contribution in [1.82, 2.24) is 10.2 Å². The summed E-state index contributed by atoms with van der Waals surface area (Å²) in [5, 5.41) is 3.88. The van der Waals surface area contributed by atoms with Gasteiger partial charge in [-0.2, -0.15) is 0 Å². The molecule has 2 aliphatic carbocycles. The van der Waals surface area contributed by atoms with Crippen molar-refractivity contribution in [3.8, 4) is 0 Å². The van der Waals surface area contributed by atoms with Crippen LogP contribution in [-0.2, 0) is 9.47 Å². The largest absolute Gasteiger partial charge is 0.385 e. The van der Waals surface area contributed by atoms with Crippen molar-refractivity contribution >= 4 is 0 Å². The fraction of sp³-hybridized carbons (Fsp3) is 1.00. The van der Waals surface area contributed by atoms with Crippen LogP contribution < -0.4 is 5.32 Å². The van der Waals surface area contributed by atoms with Gasteiger partial charge in [-0.15, -0.1) is 0 Å².